The third-order valence-electron chi connectivity index (χ3n) is 2.95. The second kappa shape index (κ2) is 4.86. The summed E-state index contributed by atoms with van der Waals surface area (Å²) in [5, 5.41) is 3.87. The summed E-state index contributed by atoms with van der Waals surface area (Å²) in [4.78, 5) is 0. The maximum Gasteiger partial charge on any atom is 0.418 e. The van der Waals surface area contributed by atoms with Crippen molar-refractivity contribution in [3.05, 3.63) is 17.7 Å². The molecule has 0 fully saturated rings. The minimum Gasteiger partial charge on any atom is -0.496 e. The van der Waals surface area contributed by atoms with E-state index in [-0.39, 0.29) is 11.2 Å². The summed E-state index contributed by atoms with van der Waals surface area (Å²) < 4.78 is 71.7. The van der Waals surface area contributed by atoms with Crippen molar-refractivity contribution >= 4 is 16.7 Å². The highest BCUT2D eigenvalue weighted by Crippen LogP contribution is 2.43. The summed E-state index contributed by atoms with van der Waals surface area (Å²) in [7, 11) is -0.571. The molecule has 0 amide bonds. The molecule has 0 bridgehead atoms. The monoisotopic (exact) mass is 292 g/mol. The Hall–Kier alpha value is -1.96. The number of nitrogens with two attached hydrogens (primary N) is 1. The first-order valence-corrected chi connectivity index (χ1v) is 5.49. The van der Waals surface area contributed by atoms with E-state index in [0.717, 1.165) is 13.2 Å². The van der Waals surface area contributed by atoms with Crippen molar-refractivity contribution in [1.82, 2.24) is 9.78 Å². The molecule has 0 saturated heterocycles. The Bertz CT molecular complexity index is 728. The summed E-state index contributed by atoms with van der Waals surface area (Å²) in [5.41, 5.74) is 5.55. The van der Waals surface area contributed by atoms with E-state index < -0.39 is 30.6 Å². The molecule has 1 heterocycles. The van der Waals surface area contributed by atoms with Gasteiger partial charge in [-0.15, -0.1) is 0 Å². The Morgan fingerprint density at radius 2 is 2.15 bits per heavy atom. The van der Waals surface area contributed by atoms with Gasteiger partial charge < -0.3 is 15.2 Å². The zero-order valence-electron chi connectivity index (χ0n) is 13.7. The summed E-state index contributed by atoms with van der Waals surface area (Å²) in [6, 6.07) is 2.43. The van der Waals surface area contributed by atoms with Crippen LogP contribution in [0.3, 0.4) is 0 Å². The van der Waals surface area contributed by atoms with Gasteiger partial charge in [0, 0.05) is 19.7 Å². The lowest BCUT2D eigenvalue weighted by Gasteiger charge is -2.21. The van der Waals surface area contributed by atoms with Crippen LogP contribution < -0.4 is 10.5 Å². The number of rotatable bonds is 3. The molecule has 0 aliphatic rings. The maximum absolute atomic E-state index is 13.2. The van der Waals surface area contributed by atoms with Crippen LogP contribution in [0.5, 0.6) is 5.75 Å². The molecule has 0 radical (unpaired) electrons. The van der Waals surface area contributed by atoms with Crippen LogP contribution in [0.15, 0.2) is 12.1 Å². The van der Waals surface area contributed by atoms with E-state index in [1.165, 1.54) is 17.8 Å². The van der Waals surface area contributed by atoms with Crippen LogP contribution >= 0.6 is 0 Å². The van der Waals surface area contributed by atoms with Gasteiger partial charge in [0.05, 0.1) is 22.1 Å². The molecule has 20 heavy (non-hydrogen) atoms. The zero-order valence-corrected chi connectivity index (χ0v) is 10.7. The Morgan fingerprint density at radius 1 is 1.45 bits per heavy atom. The van der Waals surface area contributed by atoms with Gasteiger partial charge in [0.1, 0.15) is 5.75 Å². The number of hydrogen-bond acceptors (Lipinski definition) is 4. The van der Waals surface area contributed by atoms with E-state index in [9.17, 15) is 13.2 Å². The first-order valence-electron chi connectivity index (χ1n) is 6.99. The lowest BCUT2D eigenvalue weighted by atomic mass is 10.0. The normalized spacial score (nSPS) is 16.6. The summed E-state index contributed by atoms with van der Waals surface area (Å²) in [6.07, 6.45) is -7.12. The van der Waals surface area contributed by atoms with E-state index >= 15 is 0 Å². The number of aryl methyl sites for hydroxylation is 1. The van der Waals surface area contributed by atoms with Gasteiger partial charge in [-0.05, 0) is 6.07 Å². The van der Waals surface area contributed by atoms with Crippen molar-refractivity contribution in [3.8, 4) is 5.75 Å². The minimum atomic E-state index is -4.76. The molecule has 1 aromatic heterocycles. The lowest BCUT2D eigenvalue weighted by molar-refractivity contribution is -0.216. The number of ether oxygens (including phenoxy) is 2. The predicted octanol–water partition coefficient (Wildman–Crippen LogP) is 2.41. The molecule has 2 N–H and O–H groups in total. The van der Waals surface area contributed by atoms with E-state index in [0.29, 0.717) is 5.52 Å². The van der Waals surface area contributed by atoms with Crippen molar-refractivity contribution in [2.24, 2.45) is 7.05 Å². The fourth-order valence-corrected chi connectivity index (χ4v) is 2.12. The molecule has 0 aliphatic carbocycles. The van der Waals surface area contributed by atoms with Crippen molar-refractivity contribution in [3.63, 3.8) is 0 Å². The van der Waals surface area contributed by atoms with Crippen LogP contribution in [0, 0.1) is 0 Å². The molecule has 0 unspecified atom stereocenters. The summed E-state index contributed by atoms with van der Waals surface area (Å²) >= 11 is 0. The van der Waals surface area contributed by atoms with Gasteiger partial charge >= 0.3 is 6.18 Å². The highest BCUT2D eigenvalue weighted by molar-refractivity contribution is 5.95. The molecule has 2 aromatic rings. The molecule has 0 saturated carbocycles. The molecule has 2 rings (SSSR count). The number of nitrogen functional groups attached to an aromatic ring is 1. The fraction of sp³-hybridized carbons (Fsp3) is 0.417. The largest absolute Gasteiger partial charge is 0.496 e. The molecule has 5 nitrogen and oxygen atoms in total. The third kappa shape index (κ3) is 2.15. The Balaban J connectivity index is 2.78. The van der Waals surface area contributed by atoms with Crippen molar-refractivity contribution in [2.75, 3.05) is 19.9 Å². The van der Waals surface area contributed by atoms with Gasteiger partial charge in [0.25, 0.3) is 0 Å². The number of alkyl halides is 3. The van der Waals surface area contributed by atoms with Crippen molar-refractivity contribution in [2.45, 2.75) is 12.3 Å². The highest BCUT2D eigenvalue weighted by Gasteiger charge is 2.43. The number of benzene rings is 1. The topological polar surface area (TPSA) is 62.3 Å². The van der Waals surface area contributed by atoms with E-state index in [1.807, 2.05) is 0 Å². The molecular weight excluding hydrogens is 275 g/mol. The number of halogens is 3. The molecular formula is C12H14F3N3O2. The van der Waals surface area contributed by atoms with E-state index in [2.05, 4.69) is 9.84 Å². The molecule has 110 valence electrons. The maximum atomic E-state index is 13.2. The van der Waals surface area contributed by atoms with E-state index in [4.69, 9.17) is 14.6 Å². The average molecular weight is 292 g/mol. The smallest absolute Gasteiger partial charge is 0.418 e. The van der Waals surface area contributed by atoms with Crippen LogP contribution in [0.25, 0.3) is 10.9 Å². The SMILES string of the molecule is [2H]C([2H])([2H])Oc1c([C@@H](OC)C(F)(F)F)ccc2c1c(N)nn2C. The minimum absolute atomic E-state index is 0.00701. The number of fused-ring (bicyclic) bond motifs is 1. The molecule has 0 spiro atoms. The van der Waals surface area contributed by atoms with Crippen LogP contribution in [0.2, 0.25) is 0 Å². The first kappa shape index (κ1) is 10.8. The van der Waals surface area contributed by atoms with Gasteiger partial charge in [-0.3, -0.25) is 4.68 Å². The van der Waals surface area contributed by atoms with Crippen LogP contribution in [-0.2, 0) is 11.8 Å². The average Bonchev–Trinajstić information content (AvgIpc) is 2.65. The number of aromatic nitrogens is 2. The third-order valence-corrected chi connectivity index (χ3v) is 2.95. The molecule has 0 aliphatic heterocycles. The van der Waals surface area contributed by atoms with Crippen LogP contribution in [0.4, 0.5) is 19.0 Å². The Morgan fingerprint density at radius 3 is 2.70 bits per heavy atom. The first-order chi connectivity index (χ1) is 10.5. The van der Waals surface area contributed by atoms with Crippen molar-refractivity contribution < 1.29 is 26.8 Å². The van der Waals surface area contributed by atoms with Crippen LogP contribution in [0.1, 0.15) is 15.8 Å². The van der Waals surface area contributed by atoms with Gasteiger partial charge in [0.15, 0.2) is 11.9 Å². The second-order valence-corrected chi connectivity index (χ2v) is 4.15. The molecule has 1 atom stereocenters. The summed E-state index contributed by atoms with van der Waals surface area (Å²) in [6.45, 7) is 0. The van der Waals surface area contributed by atoms with Crippen molar-refractivity contribution in [1.29, 1.82) is 0 Å². The van der Waals surface area contributed by atoms with Gasteiger partial charge in [0.2, 0.25) is 0 Å². The highest BCUT2D eigenvalue weighted by atomic mass is 19.4. The van der Waals surface area contributed by atoms with E-state index in [1.54, 1.807) is 0 Å². The number of anilines is 1. The van der Waals surface area contributed by atoms with Gasteiger partial charge in [-0.1, -0.05) is 6.07 Å². The Kier molecular flexibility index (Phi) is 2.62. The lowest BCUT2D eigenvalue weighted by Crippen LogP contribution is -2.23. The fourth-order valence-electron chi connectivity index (χ4n) is 2.12. The molecule has 8 heteroatoms. The summed E-state index contributed by atoms with van der Waals surface area (Å²) in [5.74, 6) is -0.655. The molecule has 1 aromatic carbocycles. The quantitative estimate of drug-likeness (QED) is 0.943. The number of nitrogens with zero attached hydrogens (tertiary/aromatic N) is 2. The zero-order chi connectivity index (χ0) is 17.6. The predicted molar refractivity (Wildman–Crippen MR) is 67.5 cm³/mol. The number of hydrogen-bond donors (Lipinski definition) is 1. The van der Waals surface area contributed by atoms with Gasteiger partial charge in [-0.2, -0.15) is 18.3 Å². The number of methoxy groups -OCH3 is 2. The van der Waals surface area contributed by atoms with Crippen LogP contribution in [-0.4, -0.2) is 30.1 Å². The Labute approximate surface area is 117 Å². The standard InChI is InChI=1S/C12H14F3N3O2/c1-18-7-5-4-6(10(20-3)12(13,14)15)9(19-2)8(7)11(16)17-18/h4-5,10H,1-3H3,(H2,16,17)/t10-/m1/s1/i2D3. The second-order valence-electron chi connectivity index (χ2n) is 4.15. The van der Waals surface area contributed by atoms with Gasteiger partial charge in [-0.25, -0.2) is 0 Å².